The van der Waals surface area contributed by atoms with Crippen molar-refractivity contribution in [3.8, 4) is 0 Å². The zero-order valence-electron chi connectivity index (χ0n) is 21.4. The maximum atomic E-state index is 14.6. The number of aromatic nitrogens is 1. The molecule has 202 valence electrons. The number of carbonyl (C=O) groups is 2. The molecule has 2 bridgehead atoms. The van der Waals surface area contributed by atoms with Gasteiger partial charge < -0.3 is 9.88 Å². The SMILES string of the molecule is CN1C(=O)C23CC4(c5c[nH]c6ccccc56)c5ccccc5N(S(=O)(=O)c5ccccc5)[C@H]4N2C(=O)[C@@H]1SCS3. The van der Waals surface area contributed by atoms with Crippen molar-refractivity contribution in [3.63, 3.8) is 0 Å². The fourth-order valence-electron chi connectivity index (χ4n) is 7.18. The third-order valence-corrected chi connectivity index (χ3v) is 13.4. The first-order chi connectivity index (χ1) is 19.3. The molecule has 9 rings (SSSR count). The molecule has 40 heavy (non-hydrogen) atoms. The summed E-state index contributed by atoms with van der Waals surface area (Å²) in [5.41, 5.74) is 2.13. The van der Waals surface area contributed by atoms with Gasteiger partial charge in [-0.2, -0.15) is 0 Å². The van der Waals surface area contributed by atoms with Crippen molar-refractivity contribution in [2.24, 2.45) is 0 Å². The molecule has 4 atom stereocenters. The Morgan fingerprint density at radius 2 is 1.65 bits per heavy atom. The number of para-hydroxylation sites is 2. The highest BCUT2D eigenvalue weighted by molar-refractivity contribution is 8.17. The van der Waals surface area contributed by atoms with E-state index < -0.39 is 31.8 Å². The summed E-state index contributed by atoms with van der Waals surface area (Å²) in [4.78, 5) is 34.1. The summed E-state index contributed by atoms with van der Waals surface area (Å²) >= 11 is 2.87. The lowest BCUT2D eigenvalue weighted by Gasteiger charge is -2.47. The van der Waals surface area contributed by atoms with E-state index in [9.17, 15) is 18.0 Å². The minimum absolute atomic E-state index is 0.137. The van der Waals surface area contributed by atoms with Crippen molar-refractivity contribution in [1.82, 2.24) is 14.8 Å². The highest BCUT2D eigenvalue weighted by Gasteiger charge is 2.76. The van der Waals surface area contributed by atoms with Crippen LogP contribution in [-0.2, 0) is 25.0 Å². The minimum Gasteiger partial charge on any atom is -0.361 e. The van der Waals surface area contributed by atoms with Gasteiger partial charge in [-0.3, -0.25) is 14.5 Å². The van der Waals surface area contributed by atoms with Gasteiger partial charge in [-0.05, 0) is 35.4 Å². The predicted molar refractivity (Wildman–Crippen MR) is 156 cm³/mol. The van der Waals surface area contributed by atoms with Crippen LogP contribution in [0.2, 0.25) is 0 Å². The van der Waals surface area contributed by atoms with Gasteiger partial charge >= 0.3 is 0 Å². The molecule has 5 aliphatic rings. The summed E-state index contributed by atoms with van der Waals surface area (Å²) in [6.07, 6.45) is 1.23. The van der Waals surface area contributed by atoms with Gasteiger partial charge in [-0.25, -0.2) is 12.7 Å². The van der Waals surface area contributed by atoms with E-state index in [1.54, 1.807) is 47.2 Å². The molecular formula is C29H24N4O4S3. The van der Waals surface area contributed by atoms with Crippen LogP contribution >= 0.6 is 23.5 Å². The van der Waals surface area contributed by atoms with Crippen molar-refractivity contribution in [1.29, 1.82) is 0 Å². The number of fused-ring (bicyclic) bond motifs is 7. The zero-order valence-corrected chi connectivity index (χ0v) is 23.8. The average Bonchev–Trinajstić information content (AvgIpc) is 3.56. The average molecular weight is 589 g/mol. The molecule has 8 nitrogen and oxygen atoms in total. The number of benzene rings is 3. The van der Waals surface area contributed by atoms with Gasteiger partial charge in [0.2, 0.25) is 0 Å². The van der Waals surface area contributed by atoms with Gasteiger partial charge in [0.15, 0.2) is 10.2 Å². The van der Waals surface area contributed by atoms with E-state index in [4.69, 9.17) is 0 Å². The van der Waals surface area contributed by atoms with Crippen molar-refractivity contribution < 1.29 is 18.0 Å². The molecule has 4 fully saturated rings. The molecule has 11 heteroatoms. The first kappa shape index (κ1) is 24.4. The van der Waals surface area contributed by atoms with Gasteiger partial charge in [0.05, 0.1) is 16.0 Å². The number of amides is 2. The fourth-order valence-corrected chi connectivity index (χ4v) is 11.9. The Balaban J connectivity index is 1.49. The second-order valence-corrected chi connectivity index (χ2v) is 15.1. The molecule has 0 aliphatic carbocycles. The summed E-state index contributed by atoms with van der Waals surface area (Å²) in [6.45, 7) is 0. The lowest BCUT2D eigenvalue weighted by atomic mass is 9.72. The Hall–Kier alpha value is -3.41. The number of likely N-dealkylation sites (N-methyl/N-ethyl adjacent to an activating group) is 1. The molecule has 2 amide bonds. The van der Waals surface area contributed by atoms with E-state index >= 15 is 0 Å². The van der Waals surface area contributed by atoms with E-state index in [0.717, 1.165) is 22.0 Å². The number of H-pyrrole nitrogens is 1. The molecule has 3 aromatic carbocycles. The van der Waals surface area contributed by atoms with Crippen molar-refractivity contribution in [2.45, 2.75) is 33.1 Å². The van der Waals surface area contributed by atoms with E-state index in [1.165, 1.54) is 27.8 Å². The Bertz CT molecular complexity index is 1840. The van der Waals surface area contributed by atoms with Gasteiger partial charge in [-0.1, -0.05) is 54.6 Å². The van der Waals surface area contributed by atoms with Gasteiger partial charge in [0.1, 0.15) is 6.17 Å². The van der Waals surface area contributed by atoms with Gasteiger partial charge in [-0.15, -0.1) is 23.5 Å². The van der Waals surface area contributed by atoms with Crippen LogP contribution in [0.25, 0.3) is 10.9 Å². The molecule has 1 aromatic heterocycles. The van der Waals surface area contributed by atoms with E-state index in [2.05, 4.69) is 4.98 Å². The Morgan fingerprint density at radius 3 is 2.48 bits per heavy atom. The third-order valence-electron chi connectivity index (χ3n) is 8.79. The van der Waals surface area contributed by atoms with Crippen LogP contribution in [0.1, 0.15) is 17.5 Å². The van der Waals surface area contributed by atoms with Crippen LogP contribution in [0, 0.1) is 0 Å². The minimum atomic E-state index is -4.14. The monoisotopic (exact) mass is 588 g/mol. The van der Waals surface area contributed by atoms with E-state index in [0.29, 0.717) is 10.8 Å². The molecule has 4 aromatic rings. The Labute approximate surface area is 239 Å². The number of nitrogens with zero attached hydrogens (tertiary/aromatic N) is 3. The van der Waals surface area contributed by atoms with Crippen molar-refractivity contribution in [3.05, 3.63) is 96.2 Å². The normalized spacial score (nSPS) is 29.1. The van der Waals surface area contributed by atoms with Crippen molar-refractivity contribution >= 4 is 62.0 Å². The molecule has 6 heterocycles. The van der Waals surface area contributed by atoms with Crippen LogP contribution in [0.5, 0.6) is 0 Å². The van der Waals surface area contributed by atoms with E-state index in [1.807, 2.05) is 54.7 Å². The number of piperazine rings is 1. The highest BCUT2D eigenvalue weighted by Crippen LogP contribution is 2.67. The van der Waals surface area contributed by atoms with Gasteiger partial charge in [0.25, 0.3) is 21.8 Å². The number of anilines is 1. The Kier molecular flexibility index (Phi) is 4.93. The molecule has 0 saturated carbocycles. The quantitative estimate of drug-likeness (QED) is 0.387. The van der Waals surface area contributed by atoms with Crippen LogP contribution < -0.4 is 4.31 Å². The molecule has 1 N–H and O–H groups in total. The van der Waals surface area contributed by atoms with E-state index in [-0.39, 0.29) is 23.1 Å². The summed E-state index contributed by atoms with van der Waals surface area (Å²) in [7, 11) is -2.46. The second-order valence-electron chi connectivity index (χ2n) is 10.6. The molecular weight excluding hydrogens is 565 g/mol. The number of aromatic amines is 1. The topological polar surface area (TPSA) is 93.8 Å². The predicted octanol–water partition coefficient (Wildman–Crippen LogP) is 4.15. The maximum Gasteiger partial charge on any atom is 0.266 e. The first-order valence-corrected chi connectivity index (χ1v) is 16.4. The van der Waals surface area contributed by atoms with Crippen LogP contribution in [0.4, 0.5) is 5.69 Å². The maximum absolute atomic E-state index is 14.6. The number of hydrogen-bond donors (Lipinski definition) is 1. The Morgan fingerprint density at radius 1 is 0.925 bits per heavy atom. The van der Waals surface area contributed by atoms with Crippen molar-refractivity contribution in [2.75, 3.05) is 16.4 Å². The summed E-state index contributed by atoms with van der Waals surface area (Å²) in [5, 5.41) is 0.782. The zero-order chi connectivity index (χ0) is 27.4. The largest absolute Gasteiger partial charge is 0.361 e. The lowest BCUT2D eigenvalue weighted by molar-refractivity contribution is -0.157. The summed E-state index contributed by atoms with van der Waals surface area (Å²) in [6, 6.07) is 23.7. The first-order valence-electron chi connectivity index (χ1n) is 12.9. The van der Waals surface area contributed by atoms with Crippen LogP contribution in [-0.4, -0.2) is 63.6 Å². The number of thioether (sulfide) groups is 2. The number of nitrogens with one attached hydrogen (secondary N) is 1. The fraction of sp³-hybridized carbons (Fsp3) is 0.241. The summed E-state index contributed by atoms with van der Waals surface area (Å²) in [5.74, 6) is -0.389. The molecule has 5 aliphatic heterocycles. The number of carbonyl (C=O) groups excluding carboxylic acids is 2. The number of sulfonamides is 1. The number of rotatable bonds is 3. The van der Waals surface area contributed by atoms with Crippen LogP contribution in [0.15, 0.2) is 90.0 Å². The molecule has 2 unspecified atom stereocenters. The van der Waals surface area contributed by atoms with Gasteiger partial charge in [0, 0.05) is 35.7 Å². The molecule has 4 saturated heterocycles. The standard InChI is InChI=1S/C29H24N4O4S3/c1-31-25-24(34)32-26-28(16-29(32,27(31)35)39-17-38-25,21-15-30-22-13-7-5-11-19(21)22)20-12-6-8-14-23(20)33(26)40(36,37)18-9-3-2-4-10-18/h2-15,25-26,30H,16-17H2,1H3/t25-,26+,28?,29?/m0/s1. The smallest absolute Gasteiger partial charge is 0.266 e. The third kappa shape index (κ3) is 2.78. The highest BCUT2D eigenvalue weighted by atomic mass is 32.2. The summed E-state index contributed by atoms with van der Waals surface area (Å²) < 4.78 is 30.6. The molecule has 1 spiro atoms. The second kappa shape index (κ2) is 8.08. The lowest BCUT2D eigenvalue weighted by Crippen LogP contribution is -2.68. The van der Waals surface area contributed by atoms with Crippen LogP contribution in [0.3, 0.4) is 0 Å². The number of hydrogen-bond acceptors (Lipinski definition) is 6. The molecule has 0 radical (unpaired) electrons.